The lowest BCUT2D eigenvalue weighted by Gasteiger charge is -1.98. The summed E-state index contributed by atoms with van der Waals surface area (Å²) in [6.45, 7) is 0. The SMILES string of the molecule is C(#Cc1cccc2cc[c]cc12)c1ccccc1. The fourth-order valence-electron chi connectivity index (χ4n) is 1.93. The van der Waals surface area contributed by atoms with E-state index in [4.69, 9.17) is 0 Å². The number of hydrogen-bond acceptors (Lipinski definition) is 0. The highest BCUT2D eigenvalue weighted by molar-refractivity contribution is 5.88. The Morgan fingerprint density at radius 3 is 2.56 bits per heavy atom. The first-order valence-corrected chi connectivity index (χ1v) is 5.89. The van der Waals surface area contributed by atoms with E-state index in [0.717, 1.165) is 16.5 Å². The molecule has 0 unspecified atom stereocenters. The second kappa shape index (κ2) is 4.77. The molecule has 0 spiro atoms. The summed E-state index contributed by atoms with van der Waals surface area (Å²) in [5, 5.41) is 2.36. The van der Waals surface area contributed by atoms with Crippen molar-refractivity contribution in [2.45, 2.75) is 0 Å². The molecule has 0 aliphatic heterocycles. The smallest absolute Gasteiger partial charge is 0.0327 e. The van der Waals surface area contributed by atoms with Crippen molar-refractivity contribution in [1.29, 1.82) is 0 Å². The van der Waals surface area contributed by atoms with Gasteiger partial charge in [0, 0.05) is 11.1 Å². The standard InChI is InChI=1S/C18H11/c1-2-7-15(8-3-1)13-14-17-11-6-10-16-9-4-5-12-18(16)17/h1-4,6-12H. The van der Waals surface area contributed by atoms with Gasteiger partial charge >= 0.3 is 0 Å². The molecule has 0 saturated heterocycles. The zero-order chi connectivity index (χ0) is 12.2. The fourth-order valence-corrected chi connectivity index (χ4v) is 1.93. The molecule has 0 fully saturated rings. The van der Waals surface area contributed by atoms with E-state index in [0.29, 0.717) is 0 Å². The normalized spacial score (nSPS) is 9.78. The minimum Gasteiger partial charge on any atom is -0.0622 e. The molecule has 0 amide bonds. The lowest BCUT2D eigenvalue weighted by atomic mass is 10.0. The molecule has 3 aromatic rings. The zero-order valence-electron chi connectivity index (χ0n) is 9.85. The van der Waals surface area contributed by atoms with Crippen LogP contribution in [0.3, 0.4) is 0 Å². The minimum atomic E-state index is 1.04. The second-order valence-corrected chi connectivity index (χ2v) is 4.07. The van der Waals surface area contributed by atoms with E-state index in [2.05, 4.69) is 30.0 Å². The molecule has 3 rings (SSSR count). The molecule has 0 saturated carbocycles. The molecule has 18 heavy (non-hydrogen) atoms. The molecule has 0 bridgehead atoms. The molecular weight excluding hydrogens is 216 g/mol. The summed E-state index contributed by atoms with van der Waals surface area (Å²) in [7, 11) is 0. The highest BCUT2D eigenvalue weighted by Gasteiger charge is 1.96. The van der Waals surface area contributed by atoms with Crippen molar-refractivity contribution in [2.75, 3.05) is 0 Å². The van der Waals surface area contributed by atoms with E-state index in [-0.39, 0.29) is 0 Å². The Balaban J connectivity index is 2.09. The Bertz CT molecular complexity index is 723. The topological polar surface area (TPSA) is 0 Å². The van der Waals surface area contributed by atoms with Gasteiger partial charge in [0.15, 0.2) is 0 Å². The Labute approximate surface area is 107 Å². The summed E-state index contributed by atoms with van der Waals surface area (Å²) in [6.07, 6.45) is 0. The van der Waals surface area contributed by atoms with Crippen molar-refractivity contribution in [3.8, 4) is 11.8 Å². The molecular formula is C18H11. The maximum absolute atomic E-state index is 3.23. The van der Waals surface area contributed by atoms with Gasteiger partial charge in [-0.1, -0.05) is 54.3 Å². The first kappa shape index (κ1) is 10.6. The highest BCUT2D eigenvalue weighted by Crippen LogP contribution is 2.17. The van der Waals surface area contributed by atoms with Crippen LogP contribution >= 0.6 is 0 Å². The van der Waals surface area contributed by atoms with E-state index in [1.165, 1.54) is 5.39 Å². The Kier molecular flexibility index (Phi) is 2.82. The minimum absolute atomic E-state index is 1.04. The molecule has 0 heteroatoms. The monoisotopic (exact) mass is 227 g/mol. The molecule has 83 valence electrons. The number of rotatable bonds is 0. The summed E-state index contributed by atoms with van der Waals surface area (Å²) in [4.78, 5) is 0. The average Bonchev–Trinajstić information content (AvgIpc) is 2.46. The van der Waals surface area contributed by atoms with Crippen molar-refractivity contribution in [2.24, 2.45) is 0 Å². The van der Waals surface area contributed by atoms with Gasteiger partial charge in [-0.15, -0.1) is 0 Å². The van der Waals surface area contributed by atoms with Crippen molar-refractivity contribution >= 4 is 10.8 Å². The third kappa shape index (κ3) is 2.12. The summed E-state index contributed by atoms with van der Waals surface area (Å²) in [5.41, 5.74) is 2.09. The Hall–Kier alpha value is -2.52. The Morgan fingerprint density at radius 2 is 1.67 bits per heavy atom. The van der Waals surface area contributed by atoms with Gasteiger partial charge in [-0.25, -0.2) is 0 Å². The van der Waals surface area contributed by atoms with Crippen LogP contribution in [0.25, 0.3) is 10.8 Å². The first-order chi connectivity index (χ1) is 8.93. The van der Waals surface area contributed by atoms with Crippen molar-refractivity contribution in [3.63, 3.8) is 0 Å². The van der Waals surface area contributed by atoms with Crippen LogP contribution in [-0.2, 0) is 0 Å². The number of benzene rings is 3. The van der Waals surface area contributed by atoms with Gasteiger partial charge in [0.05, 0.1) is 0 Å². The quantitative estimate of drug-likeness (QED) is 0.508. The molecule has 0 atom stereocenters. The van der Waals surface area contributed by atoms with E-state index < -0.39 is 0 Å². The molecule has 0 nitrogen and oxygen atoms in total. The van der Waals surface area contributed by atoms with Crippen molar-refractivity contribution in [3.05, 3.63) is 83.9 Å². The van der Waals surface area contributed by atoms with Crippen LogP contribution in [0.2, 0.25) is 0 Å². The highest BCUT2D eigenvalue weighted by atomic mass is 14.0. The lowest BCUT2D eigenvalue weighted by molar-refractivity contribution is 1.64. The molecule has 0 heterocycles. The van der Waals surface area contributed by atoms with Crippen molar-refractivity contribution in [1.82, 2.24) is 0 Å². The summed E-state index contributed by atoms with van der Waals surface area (Å²) in [6, 6.07) is 25.3. The molecule has 0 aromatic heterocycles. The zero-order valence-corrected chi connectivity index (χ0v) is 9.85. The fraction of sp³-hybridized carbons (Fsp3) is 0. The van der Waals surface area contributed by atoms with E-state index in [1.807, 2.05) is 54.6 Å². The molecule has 3 aromatic carbocycles. The van der Waals surface area contributed by atoms with Gasteiger partial charge < -0.3 is 0 Å². The van der Waals surface area contributed by atoms with Crippen LogP contribution in [0.4, 0.5) is 0 Å². The third-order valence-corrected chi connectivity index (χ3v) is 2.84. The van der Waals surface area contributed by atoms with Crippen molar-refractivity contribution < 1.29 is 0 Å². The third-order valence-electron chi connectivity index (χ3n) is 2.84. The summed E-state index contributed by atoms with van der Waals surface area (Å²) >= 11 is 0. The molecule has 0 aliphatic carbocycles. The first-order valence-electron chi connectivity index (χ1n) is 5.89. The van der Waals surface area contributed by atoms with Crippen LogP contribution in [0.15, 0.2) is 66.7 Å². The number of fused-ring (bicyclic) bond motifs is 1. The largest absolute Gasteiger partial charge is 0.0622 e. The Morgan fingerprint density at radius 1 is 0.778 bits per heavy atom. The van der Waals surface area contributed by atoms with Crippen LogP contribution < -0.4 is 0 Å². The van der Waals surface area contributed by atoms with Gasteiger partial charge in [-0.05, 0) is 41.1 Å². The average molecular weight is 227 g/mol. The molecule has 1 radical (unpaired) electrons. The molecule has 0 N–H and O–H groups in total. The molecule has 0 aliphatic rings. The van der Waals surface area contributed by atoms with E-state index in [9.17, 15) is 0 Å². The van der Waals surface area contributed by atoms with Crippen LogP contribution in [0.1, 0.15) is 11.1 Å². The predicted octanol–water partition coefficient (Wildman–Crippen LogP) is 4.04. The van der Waals surface area contributed by atoms with Gasteiger partial charge in [0.1, 0.15) is 0 Å². The number of hydrogen-bond donors (Lipinski definition) is 0. The van der Waals surface area contributed by atoms with Gasteiger partial charge in [0.2, 0.25) is 0 Å². The van der Waals surface area contributed by atoms with Crippen LogP contribution in [0, 0.1) is 17.9 Å². The maximum Gasteiger partial charge on any atom is 0.0327 e. The predicted molar refractivity (Wildman–Crippen MR) is 75.2 cm³/mol. The second-order valence-electron chi connectivity index (χ2n) is 4.07. The summed E-state index contributed by atoms with van der Waals surface area (Å²) in [5.74, 6) is 6.42. The summed E-state index contributed by atoms with van der Waals surface area (Å²) < 4.78 is 0. The van der Waals surface area contributed by atoms with Crippen LogP contribution in [-0.4, -0.2) is 0 Å². The van der Waals surface area contributed by atoms with Crippen LogP contribution in [0.5, 0.6) is 0 Å². The van der Waals surface area contributed by atoms with Gasteiger partial charge in [-0.2, -0.15) is 0 Å². The van der Waals surface area contributed by atoms with E-state index >= 15 is 0 Å². The maximum atomic E-state index is 3.23. The van der Waals surface area contributed by atoms with Gasteiger partial charge in [0.25, 0.3) is 0 Å². The lowest BCUT2D eigenvalue weighted by Crippen LogP contribution is -1.79. The van der Waals surface area contributed by atoms with Gasteiger partial charge in [-0.3, -0.25) is 0 Å². The van der Waals surface area contributed by atoms with E-state index in [1.54, 1.807) is 0 Å².